The molecule has 0 unspecified atom stereocenters. The third-order valence-corrected chi connectivity index (χ3v) is 5.94. The van der Waals surface area contributed by atoms with Crippen LogP contribution in [0.2, 0.25) is 0 Å². The van der Waals surface area contributed by atoms with Crippen molar-refractivity contribution >= 4 is 16.8 Å². The molecule has 144 valence electrons. The quantitative estimate of drug-likeness (QED) is 0.744. The number of benzene rings is 2. The zero-order chi connectivity index (χ0) is 19.6. The second-order valence-electron chi connectivity index (χ2n) is 7.78. The van der Waals surface area contributed by atoms with Gasteiger partial charge in [-0.1, -0.05) is 55.3 Å². The minimum absolute atomic E-state index is 0.000623. The average molecular weight is 375 g/mol. The van der Waals surface area contributed by atoms with E-state index in [1.807, 2.05) is 25.1 Å². The number of aryl methyl sites for hydroxylation is 1. The molecule has 1 amide bonds. The predicted octanol–water partition coefficient (Wildman–Crippen LogP) is 3.33. The molecule has 5 nitrogen and oxygen atoms in total. The van der Waals surface area contributed by atoms with Crippen LogP contribution >= 0.6 is 0 Å². The number of amides is 1. The lowest BCUT2D eigenvalue weighted by Gasteiger charge is -2.30. The molecule has 28 heavy (non-hydrogen) atoms. The Morgan fingerprint density at radius 3 is 2.61 bits per heavy atom. The van der Waals surface area contributed by atoms with Crippen molar-refractivity contribution in [2.45, 2.75) is 44.6 Å². The minimum Gasteiger partial charge on any atom is -0.354 e. The number of para-hydroxylation sites is 1. The van der Waals surface area contributed by atoms with Crippen molar-refractivity contribution in [3.63, 3.8) is 0 Å². The van der Waals surface area contributed by atoms with Crippen LogP contribution in [0, 0.1) is 6.92 Å². The molecule has 0 spiro atoms. The van der Waals surface area contributed by atoms with Crippen LogP contribution in [0.25, 0.3) is 10.9 Å². The zero-order valence-corrected chi connectivity index (χ0v) is 16.1. The van der Waals surface area contributed by atoms with E-state index in [2.05, 4.69) is 34.6 Å². The van der Waals surface area contributed by atoms with Gasteiger partial charge in [-0.3, -0.25) is 14.2 Å². The molecule has 0 radical (unpaired) electrons. The molecule has 0 atom stereocenters. The van der Waals surface area contributed by atoms with Gasteiger partial charge in [-0.25, -0.2) is 4.98 Å². The molecule has 0 bridgehead atoms. The van der Waals surface area contributed by atoms with Crippen molar-refractivity contribution in [2.24, 2.45) is 0 Å². The molecule has 2 aromatic carbocycles. The molecule has 4 rings (SSSR count). The van der Waals surface area contributed by atoms with Crippen LogP contribution < -0.4 is 10.9 Å². The Morgan fingerprint density at radius 1 is 1.11 bits per heavy atom. The van der Waals surface area contributed by atoms with E-state index in [4.69, 9.17) is 0 Å². The fourth-order valence-corrected chi connectivity index (χ4v) is 4.34. The lowest BCUT2D eigenvalue weighted by atomic mass is 9.79. The predicted molar refractivity (Wildman–Crippen MR) is 110 cm³/mol. The zero-order valence-electron chi connectivity index (χ0n) is 16.1. The molecule has 5 heteroatoms. The van der Waals surface area contributed by atoms with Crippen molar-refractivity contribution in [1.82, 2.24) is 14.9 Å². The molecule has 1 N–H and O–H groups in total. The van der Waals surface area contributed by atoms with E-state index in [1.165, 1.54) is 29.3 Å². The van der Waals surface area contributed by atoms with Crippen LogP contribution in [0.1, 0.15) is 36.8 Å². The first kappa shape index (κ1) is 18.4. The maximum Gasteiger partial charge on any atom is 0.261 e. The van der Waals surface area contributed by atoms with Crippen LogP contribution in [-0.2, 0) is 16.8 Å². The second kappa shape index (κ2) is 7.58. The fourth-order valence-electron chi connectivity index (χ4n) is 4.34. The summed E-state index contributed by atoms with van der Waals surface area (Å²) in [5.41, 5.74) is 2.76. The Labute approximate surface area is 164 Å². The Balaban J connectivity index is 1.50. The summed E-state index contributed by atoms with van der Waals surface area (Å²) in [6.45, 7) is 2.52. The van der Waals surface area contributed by atoms with Gasteiger partial charge >= 0.3 is 0 Å². The average Bonchev–Trinajstić information content (AvgIpc) is 3.20. The lowest BCUT2D eigenvalue weighted by Crippen LogP contribution is -2.41. The molecule has 0 saturated heterocycles. The monoisotopic (exact) mass is 375 g/mol. The summed E-state index contributed by atoms with van der Waals surface area (Å²) < 4.78 is 1.39. The van der Waals surface area contributed by atoms with Gasteiger partial charge in [-0.15, -0.1) is 0 Å². The standard InChI is InChI=1S/C23H25N3O2/c1-17-8-7-11-19-21(17)25-16-26(22(19)28)14-20(27)24-15-23(12-5-6-13-23)18-9-3-2-4-10-18/h2-4,7-11,16H,5-6,12-15H2,1H3,(H,24,27). The third-order valence-electron chi connectivity index (χ3n) is 5.94. The van der Waals surface area contributed by atoms with Crippen molar-refractivity contribution in [2.75, 3.05) is 6.54 Å². The number of hydrogen-bond donors (Lipinski definition) is 1. The molecule has 1 saturated carbocycles. The summed E-state index contributed by atoms with van der Waals surface area (Å²) in [7, 11) is 0. The molecular formula is C23H25N3O2. The minimum atomic E-state index is -0.178. The summed E-state index contributed by atoms with van der Waals surface area (Å²) in [5.74, 6) is -0.155. The third kappa shape index (κ3) is 3.44. The van der Waals surface area contributed by atoms with Gasteiger partial charge in [-0.2, -0.15) is 0 Å². The topological polar surface area (TPSA) is 64.0 Å². The second-order valence-corrected chi connectivity index (χ2v) is 7.78. The first-order valence-corrected chi connectivity index (χ1v) is 9.86. The van der Waals surface area contributed by atoms with E-state index in [0.717, 1.165) is 18.4 Å². The Morgan fingerprint density at radius 2 is 1.86 bits per heavy atom. The van der Waals surface area contributed by atoms with Crippen molar-refractivity contribution < 1.29 is 4.79 Å². The molecule has 1 aromatic heterocycles. The normalized spacial score (nSPS) is 15.6. The smallest absolute Gasteiger partial charge is 0.261 e. The number of hydrogen-bond acceptors (Lipinski definition) is 3. The van der Waals surface area contributed by atoms with Gasteiger partial charge in [0, 0.05) is 12.0 Å². The maximum atomic E-state index is 12.7. The van der Waals surface area contributed by atoms with Gasteiger partial charge in [0.15, 0.2) is 0 Å². The lowest BCUT2D eigenvalue weighted by molar-refractivity contribution is -0.122. The highest BCUT2D eigenvalue weighted by Crippen LogP contribution is 2.40. The first-order chi connectivity index (χ1) is 13.6. The van der Waals surface area contributed by atoms with Crippen molar-refractivity contribution in [3.8, 4) is 0 Å². The summed E-state index contributed by atoms with van der Waals surface area (Å²) in [5, 5.41) is 3.62. The highest BCUT2D eigenvalue weighted by Gasteiger charge is 2.35. The number of fused-ring (bicyclic) bond motifs is 1. The van der Waals surface area contributed by atoms with E-state index >= 15 is 0 Å². The molecule has 1 aliphatic rings. The highest BCUT2D eigenvalue weighted by atomic mass is 16.2. The van der Waals surface area contributed by atoms with Crippen LogP contribution in [0.4, 0.5) is 0 Å². The number of nitrogens with one attached hydrogen (secondary N) is 1. The van der Waals surface area contributed by atoms with Crippen LogP contribution in [0.15, 0.2) is 59.7 Å². The van der Waals surface area contributed by atoms with E-state index in [1.54, 1.807) is 6.07 Å². The number of aromatic nitrogens is 2. The van der Waals surface area contributed by atoms with Gasteiger partial charge in [0.05, 0.1) is 17.2 Å². The largest absolute Gasteiger partial charge is 0.354 e. The van der Waals surface area contributed by atoms with E-state index in [-0.39, 0.29) is 23.4 Å². The van der Waals surface area contributed by atoms with Gasteiger partial charge in [0.1, 0.15) is 6.54 Å². The molecule has 1 fully saturated rings. The van der Waals surface area contributed by atoms with Crippen LogP contribution in [-0.4, -0.2) is 22.0 Å². The summed E-state index contributed by atoms with van der Waals surface area (Å²) in [6, 6.07) is 16.0. The van der Waals surface area contributed by atoms with E-state index in [9.17, 15) is 9.59 Å². The number of carbonyl (C=O) groups excluding carboxylic acids is 1. The fraction of sp³-hybridized carbons (Fsp3) is 0.348. The maximum absolute atomic E-state index is 12.7. The Kier molecular flexibility index (Phi) is 4.99. The summed E-state index contributed by atoms with van der Waals surface area (Å²) in [6.07, 6.45) is 5.98. The SMILES string of the molecule is Cc1cccc2c(=O)n(CC(=O)NCC3(c4ccccc4)CCCC3)cnc12. The molecule has 1 heterocycles. The molecule has 0 aliphatic heterocycles. The van der Waals surface area contributed by atoms with Crippen LogP contribution in [0.5, 0.6) is 0 Å². The van der Waals surface area contributed by atoms with Gasteiger partial charge < -0.3 is 5.32 Å². The Bertz CT molecular complexity index is 1050. The van der Waals surface area contributed by atoms with E-state index < -0.39 is 0 Å². The van der Waals surface area contributed by atoms with E-state index in [0.29, 0.717) is 17.4 Å². The van der Waals surface area contributed by atoms with Crippen molar-refractivity contribution in [3.05, 3.63) is 76.3 Å². The summed E-state index contributed by atoms with van der Waals surface area (Å²) >= 11 is 0. The molecule has 3 aromatic rings. The number of rotatable bonds is 5. The Hall–Kier alpha value is -2.95. The molecular weight excluding hydrogens is 350 g/mol. The van der Waals surface area contributed by atoms with Gasteiger partial charge in [-0.05, 0) is 37.0 Å². The number of nitrogens with zero attached hydrogens (tertiary/aromatic N) is 2. The summed E-state index contributed by atoms with van der Waals surface area (Å²) in [4.78, 5) is 29.7. The van der Waals surface area contributed by atoms with Crippen molar-refractivity contribution in [1.29, 1.82) is 0 Å². The highest BCUT2D eigenvalue weighted by molar-refractivity contribution is 5.81. The molecule has 1 aliphatic carbocycles. The van der Waals surface area contributed by atoms with Gasteiger partial charge in [0.2, 0.25) is 5.91 Å². The first-order valence-electron chi connectivity index (χ1n) is 9.86. The number of carbonyl (C=O) groups is 1. The van der Waals surface area contributed by atoms with Gasteiger partial charge in [0.25, 0.3) is 5.56 Å². The van der Waals surface area contributed by atoms with Crippen LogP contribution in [0.3, 0.4) is 0 Å².